The van der Waals surface area contributed by atoms with Crippen LogP contribution in [0, 0.1) is 6.92 Å². The molecule has 1 heterocycles. The maximum absolute atomic E-state index is 12.2. The van der Waals surface area contributed by atoms with Gasteiger partial charge in [-0.3, -0.25) is 4.79 Å². The van der Waals surface area contributed by atoms with E-state index in [1.54, 1.807) is 11.3 Å². The summed E-state index contributed by atoms with van der Waals surface area (Å²) in [6.45, 7) is 2.43. The second-order valence-corrected chi connectivity index (χ2v) is 8.03. The van der Waals surface area contributed by atoms with Crippen molar-refractivity contribution in [2.75, 3.05) is 11.9 Å². The molecule has 0 aliphatic carbocycles. The standard InChI is InChI=1S/C25H22N2O2S/c1-18-24(27-25(30-18)20-8-4-2-5-9-20)19-12-14-21(15-13-19)26-23(28)16-17-29-22-10-6-3-7-11-22/h2-15H,16-17H2,1H3,(H,26,28). The number of para-hydroxylation sites is 1. The minimum absolute atomic E-state index is 0.0742. The summed E-state index contributed by atoms with van der Waals surface area (Å²) in [5.74, 6) is 0.693. The Hall–Kier alpha value is -3.44. The molecular weight excluding hydrogens is 392 g/mol. The third-order valence-electron chi connectivity index (χ3n) is 4.60. The van der Waals surface area contributed by atoms with Crippen LogP contribution in [0.1, 0.15) is 11.3 Å². The zero-order valence-electron chi connectivity index (χ0n) is 16.7. The number of aryl methyl sites for hydroxylation is 1. The largest absolute Gasteiger partial charge is 0.493 e. The highest BCUT2D eigenvalue weighted by molar-refractivity contribution is 7.15. The van der Waals surface area contributed by atoms with Crippen molar-refractivity contribution in [1.82, 2.24) is 4.98 Å². The Morgan fingerprint density at radius 2 is 1.57 bits per heavy atom. The van der Waals surface area contributed by atoms with Gasteiger partial charge in [0.2, 0.25) is 5.91 Å². The van der Waals surface area contributed by atoms with Crippen LogP contribution in [0.4, 0.5) is 5.69 Å². The highest BCUT2D eigenvalue weighted by Gasteiger charge is 2.11. The zero-order valence-corrected chi connectivity index (χ0v) is 17.5. The Labute approximate surface area is 180 Å². The molecule has 0 radical (unpaired) electrons. The van der Waals surface area contributed by atoms with Crippen molar-refractivity contribution in [2.24, 2.45) is 0 Å². The molecule has 0 atom stereocenters. The first kappa shape index (κ1) is 19.9. The number of anilines is 1. The van der Waals surface area contributed by atoms with E-state index in [9.17, 15) is 4.79 Å². The van der Waals surface area contributed by atoms with Crippen molar-refractivity contribution in [3.05, 3.63) is 89.8 Å². The summed E-state index contributed by atoms with van der Waals surface area (Å²) in [6.07, 6.45) is 0.294. The number of amides is 1. The van der Waals surface area contributed by atoms with Gasteiger partial charge in [-0.05, 0) is 31.2 Å². The van der Waals surface area contributed by atoms with Crippen molar-refractivity contribution < 1.29 is 9.53 Å². The van der Waals surface area contributed by atoms with E-state index in [1.807, 2.05) is 72.8 Å². The number of thiazole rings is 1. The van der Waals surface area contributed by atoms with E-state index < -0.39 is 0 Å². The fraction of sp³-hybridized carbons (Fsp3) is 0.120. The maximum Gasteiger partial charge on any atom is 0.227 e. The van der Waals surface area contributed by atoms with E-state index in [4.69, 9.17) is 9.72 Å². The van der Waals surface area contributed by atoms with Gasteiger partial charge in [-0.15, -0.1) is 11.3 Å². The highest BCUT2D eigenvalue weighted by Crippen LogP contribution is 2.33. The van der Waals surface area contributed by atoms with Gasteiger partial charge in [0.05, 0.1) is 18.7 Å². The van der Waals surface area contributed by atoms with Crippen molar-refractivity contribution in [3.8, 4) is 27.6 Å². The summed E-state index contributed by atoms with van der Waals surface area (Å²) < 4.78 is 5.58. The predicted molar refractivity (Wildman–Crippen MR) is 123 cm³/mol. The lowest BCUT2D eigenvalue weighted by Gasteiger charge is -2.08. The lowest BCUT2D eigenvalue weighted by Crippen LogP contribution is -2.15. The Morgan fingerprint density at radius 1 is 0.900 bits per heavy atom. The fourth-order valence-corrected chi connectivity index (χ4v) is 4.02. The van der Waals surface area contributed by atoms with Crippen molar-refractivity contribution in [2.45, 2.75) is 13.3 Å². The van der Waals surface area contributed by atoms with Gasteiger partial charge < -0.3 is 10.1 Å². The summed E-state index contributed by atoms with van der Waals surface area (Å²) in [6, 6.07) is 27.5. The molecule has 0 aliphatic rings. The van der Waals surface area contributed by atoms with Crippen LogP contribution in [-0.4, -0.2) is 17.5 Å². The van der Waals surface area contributed by atoms with Crippen LogP contribution in [0.2, 0.25) is 0 Å². The van der Waals surface area contributed by atoms with Crippen molar-refractivity contribution in [3.63, 3.8) is 0 Å². The number of hydrogen-bond acceptors (Lipinski definition) is 4. The van der Waals surface area contributed by atoms with Gasteiger partial charge >= 0.3 is 0 Å². The quantitative estimate of drug-likeness (QED) is 0.392. The molecule has 0 aliphatic heterocycles. The van der Waals surface area contributed by atoms with Crippen LogP contribution < -0.4 is 10.1 Å². The number of carbonyl (C=O) groups is 1. The molecule has 4 rings (SSSR count). The normalized spacial score (nSPS) is 10.6. The number of nitrogens with one attached hydrogen (secondary N) is 1. The average molecular weight is 415 g/mol. The molecule has 0 saturated carbocycles. The minimum atomic E-state index is -0.0742. The smallest absolute Gasteiger partial charge is 0.227 e. The van der Waals surface area contributed by atoms with Gasteiger partial charge in [0, 0.05) is 21.7 Å². The molecule has 1 N–H and O–H groups in total. The van der Waals surface area contributed by atoms with Gasteiger partial charge in [-0.25, -0.2) is 4.98 Å². The molecule has 0 bridgehead atoms. The predicted octanol–water partition coefficient (Wildman–Crippen LogP) is 6.19. The van der Waals surface area contributed by atoms with Crippen LogP contribution in [0.3, 0.4) is 0 Å². The SMILES string of the molecule is Cc1sc(-c2ccccc2)nc1-c1ccc(NC(=O)CCOc2ccccc2)cc1. The van der Waals surface area contributed by atoms with E-state index >= 15 is 0 Å². The monoisotopic (exact) mass is 414 g/mol. The van der Waals surface area contributed by atoms with Crippen molar-refractivity contribution >= 4 is 22.9 Å². The van der Waals surface area contributed by atoms with Crippen LogP contribution in [0.25, 0.3) is 21.8 Å². The molecule has 30 heavy (non-hydrogen) atoms. The van der Waals surface area contributed by atoms with E-state index in [0.29, 0.717) is 13.0 Å². The lowest BCUT2D eigenvalue weighted by molar-refractivity contribution is -0.116. The first-order valence-electron chi connectivity index (χ1n) is 9.80. The summed E-state index contributed by atoms with van der Waals surface area (Å²) in [5, 5.41) is 3.93. The summed E-state index contributed by atoms with van der Waals surface area (Å²) in [5.41, 5.74) is 3.91. The molecule has 150 valence electrons. The van der Waals surface area contributed by atoms with Crippen LogP contribution in [-0.2, 0) is 4.79 Å². The molecule has 4 aromatic rings. The molecular formula is C25H22N2O2S. The van der Waals surface area contributed by atoms with E-state index in [2.05, 4.69) is 24.4 Å². The zero-order chi connectivity index (χ0) is 20.8. The Bertz CT molecular complexity index is 1110. The third-order valence-corrected chi connectivity index (χ3v) is 5.62. The topological polar surface area (TPSA) is 51.2 Å². The molecule has 0 unspecified atom stereocenters. The summed E-state index contributed by atoms with van der Waals surface area (Å²) >= 11 is 1.69. The van der Waals surface area contributed by atoms with Gasteiger partial charge in [0.15, 0.2) is 0 Å². The molecule has 4 nitrogen and oxygen atoms in total. The number of aromatic nitrogens is 1. The second kappa shape index (κ2) is 9.37. The Morgan fingerprint density at radius 3 is 2.27 bits per heavy atom. The molecule has 0 fully saturated rings. The number of hydrogen-bond donors (Lipinski definition) is 1. The number of ether oxygens (including phenoxy) is 1. The van der Waals surface area contributed by atoms with Gasteiger partial charge in [0.1, 0.15) is 10.8 Å². The van der Waals surface area contributed by atoms with Gasteiger partial charge in [0.25, 0.3) is 0 Å². The van der Waals surface area contributed by atoms with Gasteiger partial charge in [-0.1, -0.05) is 60.7 Å². The van der Waals surface area contributed by atoms with E-state index in [0.717, 1.165) is 33.3 Å². The Balaban J connectivity index is 1.36. The van der Waals surface area contributed by atoms with Gasteiger partial charge in [-0.2, -0.15) is 0 Å². The van der Waals surface area contributed by atoms with E-state index in [-0.39, 0.29) is 5.91 Å². The molecule has 3 aromatic carbocycles. The average Bonchev–Trinajstić information content (AvgIpc) is 3.17. The Kier molecular flexibility index (Phi) is 6.20. The third kappa shape index (κ3) is 4.93. The molecule has 5 heteroatoms. The highest BCUT2D eigenvalue weighted by atomic mass is 32.1. The summed E-state index contributed by atoms with van der Waals surface area (Å²) in [7, 11) is 0. The first-order valence-corrected chi connectivity index (χ1v) is 10.6. The summed E-state index contributed by atoms with van der Waals surface area (Å²) in [4.78, 5) is 18.2. The van der Waals surface area contributed by atoms with Crippen molar-refractivity contribution in [1.29, 1.82) is 0 Å². The number of carbonyl (C=O) groups excluding carboxylic acids is 1. The molecule has 0 saturated heterocycles. The second-order valence-electron chi connectivity index (χ2n) is 6.83. The van der Waals surface area contributed by atoms with Crippen LogP contribution in [0.15, 0.2) is 84.9 Å². The number of benzene rings is 3. The van der Waals surface area contributed by atoms with E-state index in [1.165, 1.54) is 4.88 Å². The van der Waals surface area contributed by atoms with Crippen LogP contribution >= 0.6 is 11.3 Å². The minimum Gasteiger partial charge on any atom is -0.493 e. The van der Waals surface area contributed by atoms with Crippen LogP contribution in [0.5, 0.6) is 5.75 Å². The first-order chi connectivity index (χ1) is 14.7. The fourth-order valence-electron chi connectivity index (χ4n) is 3.08. The molecule has 1 amide bonds. The number of rotatable bonds is 7. The lowest BCUT2D eigenvalue weighted by atomic mass is 10.1. The molecule has 0 spiro atoms. The number of nitrogens with zero attached hydrogens (tertiary/aromatic N) is 1. The maximum atomic E-state index is 12.2. The molecule has 1 aromatic heterocycles.